The van der Waals surface area contributed by atoms with Crippen molar-refractivity contribution in [3.63, 3.8) is 0 Å². The van der Waals surface area contributed by atoms with Gasteiger partial charge in [0.1, 0.15) is 13.2 Å². The van der Waals surface area contributed by atoms with E-state index in [1.807, 2.05) is 0 Å². The number of unbranched alkanes of at least 4 members (excludes halogenated alkanes) is 39. The summed E-state index contributed by atoms with van der Waals surface area (Å²) in [6, 6.07) is 0. The van der Waals surface area contributed by atoms with Crippen LogP contribution in [0.5, 0.6) is 0 Å². The van der Waals surface area contributed by atoms with Crippen molar-refractivity contribution >= 4 is 17.9 Å². The normalized spacial score (nSPS) is 12.4. The van der Waals surface area contributed by atoms with Crippen LogP contribution in [-0.2, 0) is 28.6 Å². The van der Waals surface area contributed by atoms with Gasteiger partial charge in [-0.25, -0.2) is 0 Å². The van der Waals surface area contributed by atoms with Crippen LogP contribution in [0, 0.1) is 0 Å². The van der Waals surface area contributed by atoms with Crippen LogP contribution in [0.1, 0.15) is 342 Å². The Morgan fingerprint density at radius 1 is 0.280 bits per heavy atom. The van der Waals surface area contributed by atoms with Gasteiger partial charge in [-0.2, -0.15) is 0 Å². The molecule has 75 heavy (non-hydrogen) atoms. The van der Waals surface area contributed by atoms with Gasteiger partial charge in [-0.05, 0) is 83.5 Å². The van der Waals surface area contributed by atoms with Crippen molar-refractivity contribution in [2.24, 2.45) is 0 Å². The Balaban J connectivity index is 4.34. The number of allylic oxidation sites excluding steroid dienone is 10. The van der Waals surface area contributed by atoms with Crippen LogP contribution in [-0.4, -0.2) is 37.2 Å². The van der Waals surface area contributed by atoms with Crippen LogP contribution in [0.15, 0.2) is 60.8 Å². The number of hydrogen-bond donors (Lipinski definition) is 0. The Morgan fingerprint density at radius 3 is 0.840 bits per heavy atom. The fourth-order valence-corrected chi connectivity index (χ4v) is 9.61. The molecule has 0 amide bonds. The molecule has 0 aliphatic heterocycles. The monoisotopic (exact) mass is 1050 g/mol. The molecule has 0 aliphatic carbocycles. The first-order chi connectivity index (χ1) is 37.0. The highest BCUT2D eigenvalue weighted by atomic mass is 16.6. The summed E-state index contributed by atoms with van der Waals surface area (Å²) in [7, 11) is 0. The number of ether oxygens (including phenoxy) is 3. The maximum atomic E-state index is 12.9. The molecule has 0 rings (SSSR count). The summed E-state index contributed by atoms with van der Waals surface area (Å²) >= 11 is 0. The number of carbonyl (C=O) groups excluding carboxylic acids is 3. The molecule has 0 aliphatic rings. The van der Waals surface area contributed by atoms with Crippen LogP contribution in [0.2, 0.25) is 0 Å². The summed E-state index contributed by atoms with van der Waals surface area (Å²) in [5.41, 5.74) is 0. The standard InChI is InChI=1S/C69H124O6/c1-4-7-10-13-16-19-22-25-28-31-33-34-36-38-41-44-47-50-53-56-59-62-68(71)74-65-66(64-73-67(70)61-58-55-52-49-46-43-40-37-30-27-24-21-18-15-12-9-6-3)75-69(72)63-60-57-54-51-48-45-42-39-35-32-29-26-23-20-17-14-11-8-5-2/h9,12,17-18,20-21,26-27,29-30,66H,4-8,10-11,13-16,19,22-25,28,31-65H2,1-3H3/b12-9-,20-17-,21-18-,29-26-,30-27-. The van der Waals surface area contributed by atoms with Gasteiger partial charge in [-0.1, -0.05) is 300 Å². The van der Waals surface area contributed by atoms with E-state index in [1.54, 1.807) is 0 Å². The number of esters is 3. The van der Waals surface area contributed by atoms with E-state index >= 15 is 0 Å². The predicted octanol–water partition coefficient (Wildman–Crippen LogP) is 22.3. The van der Waals surface area contributed by atoms with Gasteiger partial charge in [-0.3, -0.25) is 14.4 Å². The largest absolute Gasteiger partial charge is 0.462 e. The zero-order chi connectivity index (χ0) is 54.3. The maximum absolute atomic E-state index is 12.9. The molecule has 0 aromatic carbocycles. The summed E-state index contributed by atoms with van der Waals surface area (Å²) in [5, 5.41) is 0. The van der Waals surface area contributed by atoms with Gasteiger partial charge < -0.3 is 14.2 Å². The van der Waals surface area contributed by atoms with E-state index in [0.29, 0.717) is 19.3 Å². The second kappa shape index (κ2) is 63.6. The first-order valence-electron chi connectivity index (χ1n) is 32.8. The molecule has 0 heterocycles. The first-order valence-corrected chi connectivity index (χ1v) is 32.8. The van der Waals surface area contributed by atoms with E-state index in [-0.39, 0.29) is 31.1 Å². The van der Waals surface area contributed by atoms with E-state index < -0.39 is 6.10 Å². The third kappa shape index (κ3) is 61.8. The van der Waals surface area contributed by atoms with Gasteiger partial charge in [0, 0.05) is 19.3 Å². The molecule has 0 radical (unpaired) electrons. The molecular weight excluding hydrogens is 925 g/mol. The highest BCUT2D eigenvalue weighted by Crippen LogP contribution is 2.17. The van der Waals surface area contributed by atoms with Crippen LogP contribution in [0.4, 0.5) is 0 Å². The third-order valence-corrected chi connectivity index (χ3v) is 14.5. The molecule has 0 aromatic heterocycles. The molecule has 436 valence electrons. The van der Waals surface area contributed by atoms with E-state index in [1.165, 1.54) is 212 Å². The summed E-state index contributed by atoms with van der Waals surface area (Å²) in [6.45, 7) is 6.55. The van der Waals surface area contributed by atoms with Crippen molar-refractivity contribution < 1.29 is 28.6 Å². The zero-order valence-electron chi connectivity index (χ0n) is 50.1. The van der Waals surface area contributed by atoms with E-state index in [2.05, 4.69) is 81.5 Å². The van der Waals surface area contributed by atoms with Crippen LogP contribution < -0.4 is 0 Å². The predicted molar refractivity (Wildman–Crippen MR) is 325 cm³/mol. The lowest BCUT2D eigenvalue weighted by Gasteiger charge is -2.18. The highest BCUT2D eigenvalue weighted by molar-refractivity contribution is 5.71. The maximum Gasteiger partial charge on any atom is 0.306 e. The average molecular weight is 1050 g/mol. The fraction of sp³-hybridized carbons (Fsp3) is 0.812. The minimum absolute atomic E-state index is 0.0757. The molecule has 0 N–H and O–H groups in total. The molecule has 0 saturated carbocycles. The number of hydrogen-bond acceptors (Lipinski definition) is 6. The first kappa shape index (κ1) is 72.1. The van der Waals surface area contributed by atoms with Crippen molar-refractivity contribution in [2.45, 2.75) is 348 Å². The SMILES string of the molecule is CC/C=C\C/C=C\C/C=C\CCCCCCCCCC(=O)OCC(COC(=O)CCCCCCCCCCCCCCCCCCCCCCC)OC(=O)CCCCCCCCCCC/C=C\C/C=C\CCCCC. The molecule has 0 saturated heterocycles. The number of carbonyl (C=O) groups is 3. The van der Waals surface area contributed by atoms with E-state index in [9.17, 15) is 14.4 Å². The summed E-state index contributed by atoms with van der Waals surface area (Å²) < 4.78 is 17.0. The molecular formula is C69H124O6. The summed E-state index contributed by atoms with van der Waals surface area (Å²) in [4.78, 5) is 38.4. The van der Waals surface area contributed by atoms with Crippen molar-refractivity contribution in [3.05, 3.63) is 60.8 Å². The van der Waals surface area contributed by atoms with Gasteiger partial charge in [-0.15, -0.1) is 0 Å². The molecule has 0 bridgehead atoms. The van der Waals surface area contributed by atoms with Crippen molar-refractivity contribution in [1.29, 1.82) is 0 Å². The Bertz CT molecular complexity index is 1340. The second-order valence-electron chi connectivity index (χ2n) is 22.0. The number of rotatable bonds is 60. The molecule has 1 atom stereocenters. The molecule has 6 nitrogen and oxygen atoms in total. The topological polar surface area (TPSA) is 78.9 Å². The minimum Gasteiger partial charge on any atom is -0.462 e. The second-order valence-corrected chi connectivity index (χ2v) is 22.0. The lowest BCUT2D eigenvalue weighted by atomic mass is 10.0. The molecule has 6 heteroatoms. The molecule has 0 fully saturated rings. The Labute approximate surface area is 466 Å². The van der Waals surface area contributed by atoms with Gasteiger partial charge >= 0.3 is 17.9 Å². The average Bonchev–Trinajstić information content (AvgIpc) is 3.41. The van der Waals surface area contributed by atoms with Crippen molar-refractivity contribution in [3.8, 4) is 0 Å². The van der Waals surface area contributed by atoms with Crippen LogP contribution in [0.25, 0.3) is 0 Å². The highest BCUT2D eigenvalue weighted by Gasteiger charge is 2.19. The third-order valence-electron chi connectivity index (χ3n) is 14.5. The van der Waals surface area contributed by atoms with Crippen molar-refractivity contribution in [2.75, 3.05) is 13.2 Å². The summed E-state index contributed by atoms with van der Waals surface area (Å²) in [5.74, 6) is -0.870. The van der Waals surface area contributed by atoms with E-state index in [0.717, 1.165) is 89.9 Å². The van der Waals surface area contributed by atoms with Gasteiger partial charge in [0.05, 0.1) is 0 Å². The van der Waals surface area contributed by atoms with Gasteiger partial charge in [0.2, 0.25) is 0 Å². The van der Waals surface area contributed by atoms with Crippen molar-refractivity contribution in [1.82, 2.24) is 0 Å². The molecule has 1 unspecified atom stereocenters. The lowest BCUT2D eigenvalue weighted by molar-refractivity contribution is -0.167. The van der Waals surface area contributed by atoms with Gasteiger partial charge in [0.15, 0.2) is 6.10 Å². The Hall–Kier alpha value is -2.89. The smallest absolute Gasteiger partial charge is 0.306 e. The minimum atomic E-state index is -0.781. The van der Waals surface area contributed by atoms with Gasteiger partial charge in [0.25, 0.3) is 0 Å². The zero-order valence-corrected chi connectivity index (χ0v) is 50.1. The quantitative estimate of drug-likeness (QED) is 0.0261. The Morgan fingerprint density at radius 2 is 0.520 bits per heavy atom. The molecule has 0 spiro atoms. The lowest BCUT2D eigenvalue weighted by Crippen LogP contribution is -2.30. The molecule has 0 aromatic rings. The fourth-order valence-electron chi connectivity index (χ4n) is 9.61. The van der Waals surface area contributed by atoms with Crippen LogP contribution >= 0.6 is 0 Å². The van der Waals surface area contributed by atoms with Crippen LogP contribution in [0.3, 0.4) is 0 Å². The Kier molecular flexibility index (Phi) is 61.2. The van der Waals surface area contributed by atoms with E-state index in [4.69, 9.17) is 14.2 Å². The summed E-state index contributed by atoms with van der Waals surface area (Å²) in [6.07, 6.45) is 80.8.